The highest BCUT2D eigenvalue weighted by Gasteiger charge is 2.14. The first-order valence-electron chi connectivity index (χ1n) is 6.92. The summed E-state index contributed by atoms with van der Waals surface area (Å²) in [5.74, 6) is 0.938. The molecule has 0 bridgehead atoms. The van der Waals surface area contributed by atoms with E-state index < -0.39 is 11.1 Å². The summed E-state index contributed by atoms with van der Waals surface area (Å²) in [4.78, 5) is 4.64. The largest absolute Gasteiger partial charge is 0.306 e. The summed E-state index contributed by atoms with van der Waals surface area (Å²) < 4.78 is 22.2. The van der Waals surface area contributed by atoms with Crippen LogP contribution in [0.5, 0.6) is 0 Å². The SMILES string of the molecule is CCc1nc2cc(CS(=O)O)c(Cl)cc2n1-c1ccccc1. The molecule has 0 fully saturated rings. The molecule has 4 nitrogen and oxygen atoms in total. The van der Waals surface area contributed by atoms with Gasteiger partial charge in [0, 0.05) is 17.1 Å². The number of aryl methyl sites for hydroxylation is 1. The third-order valence-electron chi connectivity index (χ3n) is 3.50. The molecular formula is C16H15ClN2O2S. The molecule has 3 rings (SSSR count). The van der Waals surface area contributed by atoms with Gasteiger partial charge in [0.2, 0.25) is 0 Å². The Bertz CT molecular complexity index is 846. The van der Waals surface area contributed by atoms with Crippen LogP contribution in [0.3, 0.4) is 0 Å². The Labute approximate surface area is 136 Å². The highest BCUT2D eigenvalue weighted by molar-refractivity contribution is 7.78. The second kappa shape index (κ2) is 6.20. The quantitative estimate of drug-likeness (QED) is 0.735. The Morgan fingerprint density at radius 1 is 1.27 bits per heavy atom. The first-order chi connectivity index (χ1) is 10.6. The summed E-state index contributed by atoms with van der Waals surface area (Å²) in [6.45, 7) is 2.05. The minimum Gasteiger partial charge on any atom is -0.306 e. The van der Waals surface area contributed by atoms with Crippen LogP contribution in [-0.2, 0) is 23.3 Å². The third-order valence-corrected chi connectivity index (χ3v) is 4.41. The summed E-state index contributed by atoms with van der Waals surface area (Å²) in [5.41, 5.74) is 3.35. The normalized spacial score (nSPS) is 12.7. The first-order valence-corrected chi connectivity index (χ1v) is 8.58. The summed E-state index contributed by atoms with van der Waals surface area (Å²) in [6.07, 6.45) is 0.780. The second-order valence-electron chi connectivity index (χ2n) is 4.95. The van der Waals surface area contributed by atoms with Crippen molar-refractivity contribution in [2.24, 2.45) is 0 Å². The van der Waals surface area contributed by atoms with Gasteiger partial charge in [0.1, 0.15) is 5.82 Å². The molecule has 1 unspecified atom stereocenters. The standard InChI is InChI=1S/C16H15ClN2O2S/c1-2-16-18-14-8-11(10-22(20)21)13(17)9-15(14)19(16)12-6-4-3-5-7-12/h3-9H,2,10H2,1H3,(H,20,21). The molecule has 1 heterocycles. The maximum Gasteiger partial charge on any atom is 0.157 e. The van der Waals surface area contributed by atoms with Gasteiger partial charge in [-0.25, -0.2) is 9.19 Å². The number of hydrogen-bond donors (Lipinski definition) is 1. The van der Waals surface area contributed by atoms with E-state index in [4.69, 9.17) is 16.2 Å². The fourth-order valence-corrected chi connectivity index (χ4v) is 3.35. The minimum absolute atomic E-state index is 0.00836. The average Bonchev–Trinajstić information content (AvgIpc) is 2.85. The van der Waals surface area contributed by atoms with Crippen molar-refractivity contribution < 1.29 is 8.76 Å². The van der Waals surface area contributed by atoms with Crippen molar-refractivity contribution in [3.05, 3.63) is 58.9 Å². The minimum atomic E-state index is -1.93. The predicted molar refractivity (Wildman–Crippen MR) is 89.9 cm³/mol. The summed E-state index contributed by atoms with van der Waals surface area (Å²) in [6, 6.07) is 13.6. The molecule has 0 aliphatic carbocycles. The molecule has 22 heavy (non-hydrogen) atoms. The molecule has 1 N–H and O–H groups in total. The molecule has 0 radical (unpaired) electrons. The third kappa shape index (κ3) is 2.79. The smallest absolute Gasteiger partial charge is 0.157 e. The van der Waals surface area contributed by atoms with Gasteiger partial charge in [-0.2, -0.15) is 0 Å². The number of fused-ring (bicyclic) bond motifs is 1. The fourth-order valence-electron chi connectivity index (χ4n) is 2.54. The molecule has 0 aliphatic heterocycles. The van der Waals surface area contributed by atoms with Crippen LogP contribution < -0.4 is 0 Å². The molecule has 0 amide bonds. The molecule has 3 aromatic rings. The van der Waals surface area contributed by atoms with Gasteiger partial charge in [0.25, 0.3) is 0 Å². The topological polar surface area (TPSA) is 55.1 Å². The molecule has 2 aromatic carbocycles. The van der Waals surface area contributed by atoms with Gasteiger partial charge in [-0.15, -0.1) is 0 Å². The predicted octanol–water partition coefficient (Wildman–Crippen LogP) is 3.96. The van der Waals surface area contributed by atoms with Gasteiger partial charge in [-0.3, -0.25) is 4.57 Å². The number of hydrogen-bond acceptors (Lipinski definition) is 2. The zero-order chi connectivity index (χ0) is 15.7. The number of imidazole rings is 1. The Morgan fingerprint density at radius 3 is 2.64 bits per heavy atom. The Kier molecular flexibility index (Phi) is 4.29. The highest BCUT2D eigenvalue weighted by Crippen LogP contribution is 2.28. The Morgan fingerprint density at radius 2 is 2.00 bits per heavy atom. The van der Waals surface area contributed by atoms with E-state index in [2.05, 4.69) is 9.55 Å². The van der Waals surface area contributed by atoms with Crippen LogP contribution in [0.25, 0.3) is 16.7 Å². The first kappa shape index (κ1) is 15.2. The van der Waals surface area contributed by atoms with Gasteiger partial charge in [-0.1, -0.05) is 36.7 Å². The lowest BCUT2D eigenvalue weighted by Gasteiger charge is -2.09. The fraction of sp³-hybridized carbons (Fsp3) is 0.188. The van der Waals surface area contributed by atoms with E-state index in [1.165, 1.54) is 0 Å². The van der Waals surface area contributed by atoms with Crippen LogP contribution in [0.1, 0.15) is 18.3 Å². The van der Waals surface area contributed by atoms with Gasteiger partial charge >= 0.3 is 0 Å². The van der Waals surface area contributed by atoms with Crippen molar-refractivity contribution >= 4 is 33.7 Å². The van der Waals surface area contributed by atoms with Crippen molar-refractivity contribution in [3.8, 4) is 5.69 Å². The van der Waals surface area contributed by atoms with Crippen LogP contribution in [-0.4, -0.2) is 18.3 Å². The molecule has 0 saturated carbocycles. The van der Waals surface area contributed by atoms with Gasteiger partial charge in [0.05, 0.1) is 16.8 Å². The van der Waals surface area contributed by atoms with E-state index in [0.29, 0.717) is 10.6 Å². The van der Waals surface area contributed by atoms with Crippen LogP contribution in [0.15, 0.2) is 42.5 Å². The van der Waals surface area contributed by atoms with Crippen LogP contribution >= 0.6 is 11.6 Å². The van der Waals surface area contributed by atoms with E-state index in [1.54, 1.807) is 6.07 Å². The lowest BCUT2D eigenvalue weighted by Crippen LogP contribution is -2.00. The van der Waals surface area contributed by atoms with Crippen molar-refractivity contribution in [1.29, 1.82) is 0 Å². The van der Waals surface area contributed by atoms with E-state index in [9.17, 15) is 4.21 Å². The van der Waals surface area contributed by atoms with Gasteiger partial charge in [0.15, 0.2) is 11.1 Å². The molecule has 114 valence electrons. The van der Waals surface area contributed by atoms with Crippen molar-refractivity contribution in [1.82, 2.24) is 9.55 Å². The second-order valence-corrected chi connectivity index (χ2v) is 6.29. The monoisotopic (exact) mass is 334 g/mol. The summed E-state index contributed by atoms with van der Waals surface area (Å²) in [7, 11) is 0. The van der Waals surface area contributed by atoms with Crippen molar-refractivity contribution in [2.75, 3.05) is 0 Å². The number of rotatable bonds is 4. The van der Waals surface area contributed by atoms with Crippen LogP contribution in [0.2, 0.25) is 5.02 Å². The van der Waals surface area contributed by atoms with Gasteiger partial charge in [-0.05, 0) is 29.8 Å². The van der Waals surface area contributed by atoms with Gasteiger partial charge < -0.3 is 4.55 Å². The van der Waals surface area contributed by atoms with Crippen LogP contribution in [0.4, 0.5) is 0 Å². The van der Waals surface area contributed by atoms with Crippen molar-refractivity contribution in [3.63, 3.8) is 0 Å². The molecule has 1 aromatic heterocycles. The lowest BCUT2D eigenvalue weighted by atomic mass is 10.2. The Hall–Kier alpha value is -1.69. The summed E-state index contributed by atoms with van der Waals surface area (Å²) >= 11 is 4.35. The maximum atomic E-state index is 11.0. The van der Waals surface area contributed by atoms with Crippen molar-refractivity contribution in [2.45, 2.75) is 19.1 Å². The zero-order valence-corrected chi connectivity index (χ0v) is 13.6. The Balaban J connectivity index is 2.24. The number of para-hydroxylation sites is 1. The maximum absolute atomic E-state index is 11.0. The number of halogens is 1. The molecule has 6 heteroatoms. The molecule has 1 atom stereocenters. The summed E-state index contributed by atoms with van der Waals surface area (Å²) in [5, 5.41) is 0.481. The molecule has 0 spiro atoms. The van der Waals surface area contributed by atoms with E-state index >= 15 is 0 Å². The molecule has 0 saturated heterocycles. The lowest BCUT2D eigenvalue weighted by molar-refractivity contribution is 0.563. The van der Waals surface area contributed by atoms with Crippen LogP contribution in [0, 0.1) is 0 Å². The number of benzene rings is 2. The van der Waals surface area contributed by atoms with E-state index in [-0.39, 0.29) is 5.75 Å². The molecule has 0 aliphatic rings. The zero-order valence-electron chi connectivity index (χ0n) is 12.0. The number of aromatic nitrogens is 2. The van der Waals surface area contributed by atoms with E-state index in [1.807, 2.05) is 43.3 Å². The number of nitrogens with zero attached hydrogens (tertiary/aromatic N) is 2. The van der Waals surface area contributed by atoms with E-state index in [0.717, 1.165) is 29.0 Å². The average molecular weight is 335 g/mol. The molecular weight excluding hydrogens is 320 g/mol. The highest BCUT2D eigenvalue weighted by atomic mass is 35.5.